The third kappa shape index (κ3) is 4.55. The second-order valence-corrected chi connectivity index (χ2v) is 7.17. The number of aliphatic hydroxyl groups is 1. The number of likely N-dealkylation sites (N-methyl/N-ethyl adjacent to an activating group) is 1. The molecule has 1 aliphatic rings. The summed E-state index contributed by atoms with van der Waals surface area (Å²) in [6.07, 6.45) is 2.51. The lowest BCUT2D eigenvalue weighted by Crippen LogP contribution is -2.34. The normalized spacial score (nSPS) is 19.0. The van der Waals surface area contributed by atoms with Crippen molar-refractivity contribution in [1.82, 2.24) is 9.80 Å². The average molecular weight is 304 g/mol. The van der Waals surface area contributed by atoms with Gasteiger partial charge in [-0.15, -0.1) is 0 Å². The Kier molecular flexibility index (Phi) is 5.24. The van der Waals surface area contributed by atoms with E-state index in [4.69, 9.17) is 0 Å². The van der Waals surface area contributed by atoms with Gasteiger partial charge in [0.15, 0.2) is 0 Å². The first kappa shape index (κ1) is 17.0. The van der Waals surface area contributed by atoms with Crippen LogP contribution in [-0.2, 0) is 6.42 Å². The van der Waals surface area contributed by atoms with Gasteiger partial charge in [-0.1, -0.05) is 12.1 Å². The molecule has 2 rings (SSSR count). The van der Waals surface area contributed by atoms with Crippen molar-refractivity contribution in [2.24, 2.45) is 0 Å². The quantitative estimate of drug-likeness (QED) is 0.906. The number of rotatable bonds is 5. The molecule has 0 saturated carbocycles. The highest BCUT2D eigenvalue weighted by molar-refractivity contribution is 5.94. The smallest absolute Gasteiger partial charge is 0.253 e. The number of benzene rings is 1. The molecule has 1 unspecified atom stereocenters. The van der Waals surface area contributed by atoms with Crippen molar-refractivity contribution >= 4 is 5.91 Å². The monoisotopic (exact) mass is 304 g/mol. The summed E-state index contributed by atoms with van der Waals surface area (Å²) in [5.41, 5.74) is 1.19. The van der Waals surface area contributed by atoms with Crippen molar-refractivity contribution in [3.63, 3.8) is 0 Å². The van der Waals surface area contributed by atoms with Crippen molar-refractivity contribution < 1.29 is 9.90 Å². The standard InChI is InChI=1S/C18H28N2O2/c1-18(2,22)10-8-14-6-5-7-15(12-14)17(21)20-11-9-16(13-20)19(3)4/h5-7,12,16,22H,8-11,13H2,1-4H3. The number of aryl methyl sites for hydroxylation is 1. The topological polar surface area (TPSA) is 43.8 Å². The van der Waals surface area contributed by atoms with Gasteiger partial charge in [-0.3, -0.25) is 4.79 Å². The lowest BCUT2D eigenvalue weighted by molar-refractivity contribution is 0.0714. The first-order valence-corrected chi connectivity index (χ1v) is 8.03. The van der Waals surface area contributed by atoms with E-state index in [-0.39, 0.29) is 5.91 Å². The highest BCUT2D eigenvalue weighted by atomic mass is 16.3. The Labute approximate surface area is 133 Å². The molecule has 0 aliphatic carbocycles. The number of carbonyl (C=O) groups is 1. The lowest BCUT2D eigenvalue weighted by atomic mass is 9.98. The van der Waals surface area contributed by atoms with Crippen LogP contribution in [0.2, 0.25) is 0 Å². The van der Waals surface area contributed by atoms with Gasteiger partial charge in [-0.05, 0) is 64.9 Å². The molecule has 1 aliphatic heterocycles. The fraction of sp³-hybridized carbons (Fsp3) is 0.611. The Balaban J connectivity index is 2.02. The predicted molar refractivity (Wildman–Crippen MR) is 89.1 cm³/mol. The summed E-state index contributed by atoms with van der Waals surface area (Å²) < 4.78 is 0. The van der Waals surface area contributed by atoms with Crippen molar-refractivity contribution in [2.45, 2.75) is 44.8 Å². The molecule has 0 aromatic heterocycles. The summed E-state index contributed by atoms with van der Waals surface area (Å²) in [5.74, 6) is 0.120. The largest absolute Gasteiger partial charge is 0.390 e. The van der Waals surface area contributed by atoms with Crippen LogP contribution in [0.3, 0.4) is 0 Å². The Morgan fingerprint density at radius 1 is 1.41 bits per heavy atom. The summed E-state index contributed by atoms with van der Waals surface area (Å²) in [7, 11) is 4.13. The van der Waals surface area contributed by atoms with Crippen LogP contribution < -0.4 is 0 Å². The molecule has 122 valence electrons. The number of amides is 1. The van der Waals surface area contributed by atoms with Crippen molar-refractivity contribution in [1.29, 1.82) is 0 Å². The van der Waals surface area contributed by atoms with E-state index >= 15 is 0 Å². The maximum absolute atomic E-state index is 12.6. The SMILES string of the molecule is CN(C)C1CCN(C(=O)c2cccc(CCC(C)(C)O)c2)C1. The summed E-state index contributed by atoms with van der Waals surface area (Å²) in [6, 6.07) is 8.28. The minimum absolute atomic E-state index is 0.120. The number of hydrogen-bond donors (Lipinski definition) is 1. The minimum Gasteiger partial charge on any atom is -0.390 e. The van der Waals surface area contributed by atoms with Gasteiger partial charge in [0.2, 0.25) is 0 Å². The summed E-state index contributed by atoms with van der Waals surface area (Å²) in [6.45, 7) is 5.26. The fourth-order valence-corrected chi connectivity index (χ4v) is 2.84. The molecule has 1 N–H and O–H groups in total. The average Bonchev–Trinajstić information content (AvgIpc) is 2.94. The van der Waals surface area contributed by atoms with Gasteiger partial charge in [0.05, 0.1) is 5.60 Å². The highest BCUT2D eigenvalue weighted by Gasteiger charge is 2.28. The van der Waals surface area contributed by atoms with E-state index in [9.17, 15) is 9.90 Å². The van der Waals surface area contributed by atoms with E-state index in [1.165, 1.54) is 0 Å². The molecule has 1 atom stereocenters. The molecular weight excluding hydrogens is 276 g/mol. The van der Waals surface area contributed by atoms with Crippen molar-refractivity contribution in [3.8, 4) is 0 Å². The zero-order chi connectivity index (χ0) is 16.3. The third-order valence-corrected chi connectivity index (χ3v) is 4.38. The van der Waals surface area contributed by atoms with Crippen LogP contribution in [0, 0.1) is 0 Å². The second kappa shape index (κ2) is 6.80. The summed E-state index contributed by atoms with van der Waals surface area (Å²) in [4.78, 5) is 16.8. The van der Waals surface area contributed by atoms with Gasteiger partial charge < -0.3 is 14.9 Å². The minimum atomic E-state index is -0.673. The third-order valence-electron chi connectivity index (χ3n) is 4.38. The maximum Gasteiger partial charge on any atom is 0.253 e. The number of likely N-dealkylation sites (tertiary alicyclic amines) is 1. The highest BCUT2D eigenvalue weighted by Crippen LogP contribution is 2.19. The maximum atomic E-state index is 12.6. The summed E-state index contributed by atoms with van der Waals surface area (Å²) >= 11 is 0. The van der Waals surface area contributed by atoms with Crippen LogP contribution in [0.4, 0.5) is 0 Å². The Hall–Kier alpha value is -1.39. The van der Waals surface area contributed by atoms with E-state index < -0.39 is 5.60 Å². The zero-order valence-electron chi connectivity index (χ0n) is 14.2. The van der Waals surface area contributed by atoms with E-state index in [2.05, 4.69) is 19.0 Å². The number of nitrogens with zero attached hydrogens (tertiary/aromatic N) is 2. The van der Waals surface area contributed by atoms with Gasteiger partial charge in [0.1, 0.15) is 0 Å². The van der Waals surface area contributed by atoms with E-state index in [1.54, 1.807) is 0 Å². The van der Waals surface area contributed by atoms with E-state index in [0.717, 1.165) is 37.1 Å². The van der Waals surface area contributed by atoms with Crippen LogP contribution in [0.1, 0.15) is 42.6 Å². The second-order valence-electron chi connectivity index (χ2n) is 7.17. The van der Waals surface area contributed by atoms with Gasteiger partial charge in [0, 0.05) is 24.7 Å². The van der Waals surface area contributed by atoms with Crippen LogP contribution >= 0.6 is 0 Å². The molecule has 0 spiro atoms. The first-order valence-electron chi connectivity index (χ1n) is 8.03. The van der Waals surface area contributed by atoms with Crippen LogP contribution in [0.25, 0.3) is 0 Å². The van der Waals surface area contributed by atoms with Gasteiger partial charge in [-0.2, -0.15) is 0 Å². The molecule has 1 heterocycles. The molecule has 1 aromatic carbocycles. The Morgan fingerprint density at radius 3 is 2.73 bits per heavy atom. The molecule has 0 bridgehead atoms. The zero-order valence-corrected chi connectivity index (χ0v) is 14.2. The molecule has 1 fully saturated rings. The molecule has 1 aromatic rings. The Bertz CT molecular complexity index is 520. The molecule has 4 heteroatoms. The molecule has 22 heavy (non-hydrogen) atoms. The number of hydrogen-bond acceptors (Lipinski definition) is 3. The van der Waals surface area contributed by atoms with Crippen molar-refractivity contribution in [2.75, 3.05) is 27.2 Å². The molecular formula is C18H28N2O2. The molecule has 4 nitrogen and oxygen atoms in total. The van der Waals surface area contributed by atoms with E-state index in [0.29, 0.717) is 12.5 Å². The van der Waals surface area contributed by atoms with Crippen LogP contribution in [0.5, 0.6) is 0 Å². The van der Waals surface area contributed by atoms with Gasteiger partial charge >= 0.3 is 0 Å². The Morgan fingerprint density at radius 2 is 2.14 bits per heavy atom. The predicted octanol–water partition coefficient (Wildman–Crippen LogP) is 2.17. The molecule has 0 radical (unpaired) electrons. The summed E-state index contributed by atoms with van der Waals surface area (Å²) in [5, 5.41) is 9.83. The lowest BCUT2D eigenvalue weighted by Gasteiger charge is -2.21. The van der Waals surface area contributed by atoms with Gasteiger partial charge in [-0.25, -0.2) is 0 Å². The molecule has 1 saturated heterocycles. The van der Waals surface area contributed by atoms with Gasteiger partial charge in [0.25, 0.3) is 5.91 Å². The number of carbonyl (C=O) groups excluding carboxylic acids is 1. The fourth-order valence-electron chi connectivity index (χ4n) is 2.84. The molecule has 1 amide bonds. The van der Waals surface area contributed by atoms with Crippen molar-refractivity contribution in [3.05, 3.63) is 35.4 Å². The van der Waals surface area contributed by atoms with E-state index in [1.807, 2.05) is 43.0 Å². The van der Waals surface area contributed by atoms with Crippen LogP contribution in [-0.4, -0.2) is 59.6 Å². The van der Waals surface area contributed by atoms with Crippen LogP contribution in [0.15, 0.2) is 24.3 Å². The first-order chi connectivity index (χ1) is 10.3.